The van der Waals surface area contributed by atoms with Crippen molar-refractivity contribution in [3.63, 3.8) is 0 Å². The molecule has 32 heavy (non-hydrogen) atoms. The Morgan fingerprint density at radius 1 is 1.09 bits per heavy atom. The minimum Gasteiger partial charge on any atom is -0.360 e. The van der Waals surface area contributed by atoms with E-state index in [-0.39, 0.29) is 11.4 Å². The third-order valence-electron chi connectivity index (χ3n) is 6.16. The summed E-state index contributed by atoms with van der Waals surface area (Å²) in [6, 6.07) is 18.5. The van der Waals surface area contributed by atoms with Crippen molar-refractivity contribution >= 4 is 22.8 Å². The number of carbonyl (C=O) groups is 1. The summed E-state index contributed by atoms with van der Waals surface area (Å²) in [5, 5.41) is 10.8. The van der Waals surface area contributed by atoms with Crippen LogP contribution in [0.4, 0.5) is 0 Å². The summed E-state index contributed by atoms with van der Waals surface area (Å²) in [5.41, 5.74) is 7.90. The van der Waals surface area contributed by atoms with Crippen LogP contribution in [0.3, 0.4) is 0 Å². The minimum atomic E-state index is -0.252. The van der Waals surface area contributed by atoms with E-state index in [1.165, 1.54) is 11.1 Å². The Hall–Kier alpha value is -3.84. The number of ketones is 1. The van der Waals surface area contributed by atoms with Crippen LogP contribution in [0, 0.1) is 25.2 Å². The Kier molecular flexibility index (Phi) is 5.83. The molecule has 0 aliphatic heterocycles. The lowest BCUT2D eigenvalue weighted by Crippen LogP contribution is -2.05. The van der Waals surface area contributed by atoms with E-state index in [1.54, 1.807) is 6.08 Å². The van der Waals surface area contributed by atoms with Gasteiger partial charge in [0.1, 0.15) is 11.6 Å². The normalized spacial score (nSPS) is 11.7. The number of Topliss-reactive ketones (excluding diaryl/α,β-unsaturated/α-hetero) is 1. The maximum absolute atomic E-state index is 13.4. The molecule has 0 spiro atoms. The molecule has 4 heteroatoms. The van der Waals surface area contributed by atoms with E-state index in [4.69, 9.17) is 0 Å². The highest BCUT2D eigenvalue weighted by Gasteiger charge is 2.20. The fourth-order valence-electron chi connectivity index (χ4n) is 4.37. The molecular weight excluding hydrogens is 394 g/mol. The van der Waals surface area contributed by atoms with Gasteiger partial charge >= 0.3 is 0 Å². The van der Waals surface area contributed by atoms with Crippen molar-refractivity contribution in [3.05, 3.63) is 93.9 Å². The molecule has 0 aliphatic rings. The van der Waals surface area contributed by atoms with Gasteiger partial charge in [-0.2, -0.15) is 5.26 Å². The van der Waals surface area contributed by atoms with Crippen LogP contribution in [-0.4, -0.2) is 15.3 Å². The quantitative estimate of drug-likeness (QED) is 0.220. The molecule has 0 atom stereocenters. The molecule has 1 N–H and O–H groups in total. The van der Waals surface area contributed by atoms with Crippen molar-refractivity contribution in [3.8, 4) is 11.8 Å². The van der Waals surface area contributed by atoms with E-state index < -0.39 is 0 Å². The Labute approximate surface area is 188 Å². The summed E-state index contributed by atoms with van der Waals surface area (Å²) in [6.07, 6.45) is 5.46. The highest BCUT2D eigenvalue weighted by molar-refractivity contribution is 6.15. The molecule has 2 heterocycles. The fraction of sp³-hybridized carbons (Fsp3) is 0.214. The summed E-state index contributed by atoms with van der Waals surface area (Å²) >= 11 is 0. The van der Waals surface area contributed by atoms with Crippen LogP contribution in [0.1, 0.15) is 52.3 Å². The molecule has 4 nitrogen and oxygen atoms in total. The molecule has 0 unspecified atom stereocenters. The van der Waals surface area contributed by atoms with Crippen LogP contribution in [-0.2, 0) is 12.8 Å². The van der Waals surface area contributed by atoms with Crippen LogP contribution in [0.5, 0.6) is 0 Å². The van der Waals surface area contributed by atoms with E-state index in [0.29, 0.717) is 5.56 Å². The van der Waals surface area contributed by atoms with Gasteiger partial charge in [-0.15, -0.1) is 0 Å². The van der Waals surface area contributed by atoms with Crippen LogP contribution in [0.25, 0.3) is 22.7 Å². The number of aromatic amines is 1. The van der Waals surface area contributed by atoms with E-state index in [2.05, 4.69) is 59.8 Å². The number of fused-ring (bicyclic) bond motifs is 1. The number of H-pyrrole nitrogens is 1. The zero-order valence-corrected chi connectivity index (χ0v) is 19.0. The van der Waals surface area contributed by atoms with E-state index in [1.807, 2.05) is 38.2 Å². The molecule has 0 amide bonds. The molecule has 0 bridgehead atoms. The molecule has 2 aromatic heterocycles. The van der Waals surface area contributed by atoms with Gasteiger partial charge in [0.05, 0.1) is 0 Å². The number of rotatable bonds is 6. The Bertz CT molecular complexity index is 1370. The number of aryl methyl sites for hydroxylation is 3. The summed E-state index contributed by atoms with van der Waals surface area (Å²) < 4.78 is 2.07. The lowest BCUT2D eigenvalue weighted by Gasteiger charge is -2.10. The number of benzene rings is 2. The first-order valence-electron chi connectivity index (χ1n) is 11.0. The molecule has 0 radical (unpaired) electrons. The molecule has 0 aliphatic carbocycles. The number of aromatic nitrogens is 2. The van der Waals surface area contributed by atoms with Crippen LogP contribution >= 0.6 is 0 Å². The second-order valence-electron chi connectivity index (χ2n) is 8.08. The Morgan fingerprint density at radius 2 is 1.84 bits per heavy atom. The van der Waals surface area contributed by atoms with Gasteiger partial charge in [-0.1, -0.05) is 44.2 Å². The second kappa shape index (κ2) is 8.72. The smallest absolute Gasteiger partial charge is 0.205 e. The van der Waals surface area contributed by atoms with Gasteiger partial charge in [0.25, 0.3) is 0 Å². The van der Waals surface area contributed by atoms with Gasteiger partial charge in [0.15, 0.2) is 0 Å². The van der Waals surface area contributed by atoms with Crippen molar-refractivity contribution in [1.29, 1.82) is 5.26 Å². The minimum absolute atomic E-state index is 0.134. The summed E-state index contributed by atoms with van der Waals surface area (Å²) in [6.45, 7) is 8.16. The molecule has 160 valence electrons. The van der Waals surface area contributed by atoms with Gasteiger partial charge in [-0.05, 0) is 62.1 Å². The topological polar surface area (TPSA) is 61.6 Å². The standard InChI is InChI=1S/C28H27N3O/c1-5-20-10-12-24(13-11-20)31-18(3)14-26(19(31)4)28(32)22(16-29)15-23-17-30-27-21(6-2)8-7-9-25(23)27/h7-15,17,30H,5-6H2,1-4H3/b22-15+. The first-order chi connectivity index (χ1) is 15.5. The number of nitrogens with one attached hydrogen (secondary N) is 1. The van der Waals surface area contributed by atoms with E-state index in [9.17, 15) is 10.1 Å². The lowest BCUT2D eigenvalue weighted by atomic mass is 10.0. The average Bonchev–Trinajstić information content (AvgIpc) is 3.36. The van der Waals surface area contributed by atoms with Gasteiger partial charge in [-0.3, -0.25) is 4.79 Å². The molecular formula is C28H27N3O. The second-order valence-corrected chi connectivity index (χ2v) is 8.08. The van der Waals surface area contributed by atoms with Crippen molar-refractivity contribution in [1.82, 2.24) is 9.55 Å². The van der Waals surface area contributed by atoms with Crippen LogP contribution < -0.4 is 0 Å². The van der Waals surface area contributed by atoms with Crippen LogP contribution in [0.15, 0.2) is 60.3 Å². The maximum atomic E-state index is 13.4. The maximum Gasteiger partial charge on any atom is 0.205 e. The molecule has 0 fully saturated rings. The largest absolute Gasteiger partial charge is 0.360 e. The SMILES string of the molecule is CCc1ccc(-n2c(C)cc(C(=O)/C(C#N)=C/c3c[nH]c4c(CC)cccc34)c2C)cc1. The van der Waals surface area contributed by atoms with Crippen LogP contribution in [0.2, 0.25) is 0 Å². The zero-order valence-electron chi connectivity index (χ0n) is 19.0. The fourth-order valence-corrected chi connectivity index (χ4v) is 4.37. The first-order valence-corrected chi connectivity index (χ1v) is 11.0. The predicted octanol–water partition coefficient (Wildman–Crippen LogP) is 6.49. The van der Waals surface area contributed by atoms with Crippen molar-refractivity contribution in [2.24, 2.45) is 0 Å². The number of para-hydroxylation sites is 1. The number of hydrogen-bond donors (Lipinski definition) is 1. The van der Waals surface area contributed by atoms with E-state index >= 15 is 0 Å². The highest BCUT2D eigenvalue weighted by atomic mass is 16.1. The number of carbonyl (C=O) groups excluding carboxylic acids is 1. The molecule has 2 aromatic carbocycles. The third-order valence-corrected chi connectivity index (χ3v) is 6.16. The zero-order chi connectivity index (χ0) is 22.8. The van der Waals surface area contributed by atoms with Gasteiger partial charge in [0, 0.05) is 45.3 Å². The summed E-state index contributed by atoms with van der Waals surface area (Å²) in [5.74, 6) is -0.252. The molecule has 4 rings (SSSR count). The molecule has 0 saturated heterocycles. The number of nitrogens with zero attached hydrogens (tertiary/aromatic N) is 2. The average molecular weight is 422 g/mol. The van der Waals surface area contributed by atoms with E-state index in [0.717, 1.165) is 46.4 Å². The van der Waals surface area contributed by atoms with Crippen molar-refractivity contribution in [2.45, 2.75) is 40.5 Å². The van der Waals surface area contributed by atoms with Gasteiger partial charge in [-0.25, -0.2) is 0 Å². The van der Waals surface area contributed by atoms with Gasteiger partial charge in [0.2, 0.25) is 5.78 Å². The first kappa shape index (κ1) is 21.4. The number of nitriles is 1. The molecule has 0 saturated carbocycles. The summed E-state index contributed by atoms with van der Waals surface area (Å²) in [4.78, 5) is 16.7. The number of hydrogen-bond acceptors (Lipinski definition) is 2. The molecule has 4 aromatic rings. The lowest BCUT2D eigenvalue weighted by molar-refractivity contribution is 0.103. The Morgan fingerprint density at radius 3 is 2.50 bits per heavy atom. The van der Waals surface area contributed by atoms with Gasteiger partial charge < -0.3 is 9.55 Å². The summed E-state index contributed by atoms with van der Waals surface area (Å²) in [7, 11) is 0. The van der Waals surface area contributed by atoms with Crippen molar-refractivity contribution < 1.29 is 4.79 Å². The number of allylic oxidation sites excluding steroid dienone is 1. The highest BCUT2D eigenvalue weighted by Crippen LogP contribution is 2.27. The third kappa shape index (κ3) is 3.67. The monoisotopic (exact) mass is 421 g/mol. The van der Waals surface area contributed by atoms with Crippen molar-refractivity contribution in [2.75, 3.05) is 0 Å². The Balaban J connectivity index is 1.74. The predicted molar refractivity (Wildman–Crippen MR) is 130 cm³/mol.